The van der Waals surface area contributed by atoms with Gasteiger partial charge in [0.2, 0.25) is 0 Å². The van der Waals surface area contributed by atoms with Crippen LogP contribution in [0.15, 0.2) is 23.8 Å². The monoisotopic (exact) mass is 312 g/mol. The first-order valence-corrected chi connectivity index (χ1v) is 9.75. The molecule has 1 nitrogen and oxygen atoms in total. The third kappa shape index (κ3) is 2.07. The van der Waals surface area contributed by atoms with E-state index in [0.717, 1.165) is 36.5 Å². The van der Waals surface area contributed by atoms with Crippen LogP contribution in [0.2, 0.25) is 0 Å². The molecule has 0 spiro atoms. The van der Waals surface area contributed by atoms with Gasteiger partial charge in [-0.1, -0.05) is 31.6 Å². The third-order valence-corrected chi connectivity index (χ3v) is 8.56. The summed E-state index contributed by atoms with van der Waals surface area (Å²) < 4.78 is 0. The second-order valence-electron chi connectivity index (χ2n) is 9.49. The Morgan fingerprint density at radius 2 is 1.87 bits per heavy atom. The van der Waals surface area contributed by atoms with Crippen molar-refractivity contribution < 1.29 is 4.79 Å². The number of carbonyl (C=O) groups is 1. The molecule has 0 amide bonds. The fourth-order valence-corrected chi connectivity index (χ4v) is 7.37. The number of hydrogen-bond acceptors (Lipinski definition) is 1. The minimum atomic E-state index is 0.319. The molecule has 0 bridgehead atoms. The summed E-state index contributed by atoms with van der Waals surface area (Å²) in [5.41, 5.74) is 3.72. The van der Waals surface area contributed by atoms with Crippen molar-refractivity contribution in [3.05, 3.63) is 23.8 Å². The molecule has 4 aliphatic carbocycles. The predicted molar refractivity (Wildman–Crippen MR) is 95.0 cm³/mol. The van der Waals surface area contributed by atoms with Gasteiger partial charge in [-0.25, -0.2) is 0 Å². The van der Waals surface area contributed by atoms with E-state index in [1.165, 1.54) is 49.7 Å². The van der Waals surface area contributed by atoms with E-state index in [-0.39, 0.29) is 0 Å². The standard InChI is InChI=1S/C22H32O/c1-14(2)18-7-8-19-17-6-5-15-13-16(23)9-11-21(15,3)20(17)10-12-22(18,19)4/h13,17-20H,1,5-12H2,2-4H3/t17?,18-,19?,20?,21+,22-/m1/s1. The van der Waals surface area contributed by atoms with E-state index in [1.54, 1.807) is 0 Å². The van der Waals surface area contributed by atoms with E-state index >= 15 is 0 Å². The highest BCUT2D eigenvalue weighted by molar-refractivity contribution is 5.91. The maximum absolute atomic E-state index is 11.9. The van der Waals surface area contributed by atoms with Crippen LogP contribution >= 0.6 is 0 Å². The van der Waals surface area contributed by atoms with Gasteiger partial charge in [0.15, 0.2) is 5.78 Å². The second-order valence-corrected chi connectivity index (χ2v) is 9.49. The Labute approximate surface area is 141 Å². The number of ketones is 1. The third-order valence-electron chi connectivity index (χ3n) is 8.56. The lowest BCUT2D eigenvalue weighted by atomic mass is 9.46. The summed E-state index contributed by atoms with van der Waals surface area (Å²) in [6.45, 7) is 11.6. The Bertz CT molecular complexity index is 585. The molecule has 0 radical (unpaired) electrons. The molecule has 0 aromatic rings. The minimum Gasteiger partial charge on any atom is -0.295 e. The molecule has 1 heteroatoms. The van der Waals surface area contributed by atoms with Gasteiger partial charge >= 0.3 is 0 Å². The maximum Gasteiger partial charge on any atom is 0.155 e. The number of carbonyl (C=O) groups excluding carboxylic acids is 1. The molecule has 4 aliphatic rings. The molecular weight excluding hydrogens is 280 g/mol. The van der Waals surface area contributed by atoms with Crippen molar-refractivity contribution in [2.45, 2.75) is 72.1 Å². The van der Waals surface area contributed by atoms with Crippen LogP contribution in [0.25, 0.3) is 0 Å². The summed E-state index contributed by atoms with van der Waals surface area (Å²) in [7, 11) is 0. The molecule has 4 rings (SSSR count). The van der Waals surface area contributed by atoms with E-state index in [4.69, 9.17) is 0 Å². The van der Waals surface area contributed by atoms with Gasteiger partial charge in [-0.15, -0.1) is 0 Å². The van der Waals surface area contributed by atoms with E-state index in [9.17, 15) is 4.79 Å². The molecule has 0 aromatic carbocycles. The summed E-state index contributed by atoms with van der Waals surface area (Å²) in [5, 5.41) is 0. The highest BCUT2D eigenvalue weighted by Gasteiger charge is 2.58. The van der Waals surface area contributed by atoms with E-state index < -0.39 is 0 Å². The Kier molecular flexibility index (Phi) is 3.45. The van der Waals surface area contributed by atoms with Gasteiger partial charge < -0.3 is 0 Å². The average molecular weight is 312 g/mol. The molecule has 0 N–H and O–H groups in total. The number of hydrogen-bond donors (Lipinski definition) is 0. The highest BCUT2D eigenvalue weighted by Crippen LogP contribution is 2.67. The van der Waals surface area contributed by atoms with Crippen LogP contribution < -0.4 is 0 Å². The lowest BCUT2D eigenvalue weighted by molar-refractivity contribution is -0.117. The zero-order valence-electron chi connectivity index (χ0n) is 15.2. The van der Waals surface area contributed by atoms with Gasteiger partial charge in [-0.05, 0) is 92.4 Å². The first kappa shape index (κ1) is 15.7. The number of allylic oxidation sites excluding steroid dienone is 2. The summed E-state index contributed by atoms with van der Waals surface area (Å²) in [4.78, 5) is 11.9. The van der Waals surface area contributed by atoms with Gasteiger partial charge in [0.25, 0.3) is 0 Å². The summed E-state index contributed by atoms with van der Waals surface area (Å²) in [5.74, 6) is 3.70. The summed E-state index contributed by atoms with van der Waals surface area (Å²) in [6.07, 6.45) is 11.9. The Balaban J connectivity index is 1.67. The van der Waals surface area contributed by atoms with Crippen LogP contribution in [0.1, 0.15) is 72.1 Å². The second kappa shape index (κ2) is 5.07. The van der Waals surface area contributed by atoms with Crippen LogP contribution in [-0.4, -0.2) is 5.78 Å². The van der Waals surface area contributed by atoms with Crippen LogP contribution in [0.3, 0.4) is 0 Å². The molecule has 6 atom stereocenters. The largest absolute Gasteiger partial charge is 0.295 e. The molecule has 3 saturated carbocycles. The zero-order valence-corrected chi connectivity index (χ0v) is 15.2. The molecule has 0 aliphatic heterocycles. The SMILES string of the molecule is C=C(C)[C@H]1CCC2C3CCC4=CC(=O)CC[C@]4(C)C3CC[C@@]21C. The smallest absolute Gasteiger partial charge is 0.155 e. The summed E-state index contributed by atoms with van der Waals surface area (Å²) >= 11 is 0. The van der Waals surface area contributed by atoms with E-state index in [1.807, 2.05) is 6.08 Å². The zero-order chi connectivity index (χ0) is 16.4. The summed E-state index contributed by atoms with van der Waals surface area (Å²) in [6, 6.07) is 0. The van der Waals surface area contributed by atoms with Crippen molar-refractivity contribution in [1.29, 1.82) is 0 Å². The first-order chi connectivity index (χ1) is 10.9. The molecular formula is C22H32O. The normalized spacial score (nSPS) is 49.0. The van der Waals surface area contributed by atoms with E-state index in [0.29, 0.717) is 16.6 Å². The average Bonchev–Trinajstić information content (AvgIpc) is 2.85. The lowest BCUT2D eigenvalue weighted by Crippen LogP contribution is -2.50. The molecule has 0 saturated heterocycles. The minimum absolute atomic E-state index is 0.319. The van der Waals surface area contributed by atoms with Gasteiger partial charge in [-0.3, -0.25) is 4.79 Å². The quantitative estimate of drug-likeness (QED) is 0.567. The number of rotatable bonds is 1. The molecule has 3 fully saturated rings. The van der Waals surface area contributed by atoms with Crippen molar-refractivity contribution in [2.24, 2.45) is 34.5 Å². The fourth-order valence-electron chi connectivity index (χ4n) is 7.37. The fraction of sp³-hybridized carbons (Fsp3) is 0.773. The van der Waals surface area contributed by atoms with Gasteiger partial charge in [0.1, 0.15) is 0 Å². The van der Waals surface area contributed by atoms with Gasteiger partial charge in [0, 0.05) is 6.42 Å². The van der Waals surface area contributed by atoms with Crippen LogP contribution in [0.5, 0.6) is 0 Å². The molecule has 126 valence electrons. The first-order valence-electron chi connectivity index (χ1n) is 9.75. The predicted octanol–water partition coefficient (Wildman–Crippen LogP) is 5.71. The maximum atomic E-state index is 11.9. The lowest BCUT2D eigenvalue weighted by Gasteiger charge is -2.58. The van der Waals surface area contributed by atoms with Gasteiger partial charge in [0.05, 0.1) is 0 Å². The van der Waals surface area contributed by atoms with Crippen LogP contribution in [-0.2, 0) is 4.79 Å². The van der Waals surface area contributed by atoms with Crippen molar-refractivity contribution in [3.8, 4) is 0 Å². The molecule has 0 heterocycles. The van der Waals surface area contributed by atoms with Crippen molar-refractivity contribution >= 4 is 5.78 Å². The highest BCUT2D eigenvalue weighted by atomic mass is 16.1. The van der Waals surface area contributed by atoms with Gasteiger partial charge in [-0.2, -0.15) is 0 Å². The topological polar surface area (TPSA) is 17.1 Å². The van der Waals surface area contributed by atoms with Crippen LogP contribution in [0.4, 0.5) is 0 Å². The molecule has 23 heavy (non-hydrogen) atoms. The van der Waals surface area contributed by atoms with E-state index in [2.05, 4.69) is 27.4 Å². The van der Waals surface area contributed by atoms with Crippen molar-refractivity contribution in [1.82, 2.24) is 0 Å². The van der Waals surface area contributed by atoms with Crippen molar-refractivity contribution in [2.75, 3.05) is 0 Å². The Morgan fingerprint density at radius 1 is 1.09 bits per heavy atom. The van der Waals surface area contributed by atoms with Crippen LogP contribution in [0, 0.1) is 34.5 Å². The molecule has 0 aromatic heterocycles. The Hall–Kier alpha value is -0.850. The van der Waals surface area contributed by atoms with Crippen molar-refractivity contribution in [3.63, 3.8) is 0 Å². The molecule has 3 unspecified atom stereocenters. The number of fused-ring (bicyclic) bond motifs is 5. The Morgan fingerprint density at radius 3 is 2.61 bits per heavy atom.